The predicted molar refractivity (Wildman–Crippen MR) is 86.5 cm³/mol. The molecule has 0 aliphatic heterocycles. The van der Waals surface area contributed by atoms with Crippen LogP contribution in [0.1, 0.15) is 19.8 Å². The maximum atomic E-state index is 13.0. The smallest absolute Gasteiger partial charge is 0.245 e. The Morgan fingerprint density at radius 3 is 2.71 bits per heavy atom. The molecule has 21 heavy (non-hydrogen) atoms. The lowest BCUT2D eigenvalue weighted by Crippen LogP contribution is -2.42. The molecule has 1 aromatic rings. The summed E-state index contributed by atoms with van der Waals surface area (Å²) in [5, 5.41) is 0. The van der Waals surface area contributed by atoms with Crippen molar-refractivity contribution < 1.29 is 13.2 Å². The van der Waals surface area contributed by atoms with Gasteiger partial charge in [0, 0.05) is 24.2 Å². The fourth-order valence-corrected chi connectivity index (χ4v) is 4.73. The Hall–Kier alpha value is -0.630. The minimum Gasteiger partial charge on any atom is -0.398 e. The third kappa shape index (κ3) is 3.77. The minimum absolute atomic E-state index is 0.0384. The number of sulfonamides is 1. The van der Waals surface area contributed by atoms with E-state index in [0.717, 1.165) is 12.8 Å². The zero-order valence-corrected chi connectivity index (χ0v) is 14.7. The molecular formula is C14H21BrN2O3S. The molecule has 118 valence electrons. The van der Waals surface area contributed by atoms with Gasteiger partial charge in [0.15, 0.2) is 0 Å². The van der Waals surface area contributed by atoms with Crippen LogP contribution >= 0.6 is 15.9 Å². The molecule has 1 saturated carbocycles. The van der Waals surface area contributed by atoms with Crippen LogP contribution in [0.3, 0.4) is 0 Å². The third-order valence-electron chi connectivity index (χ3n) is 3.84. The highest BCUT2D eigenvalue weighted by Gasteiger charge is 2.38. The fourth-order valence-electron chi connectivity index (χ4n) is 2.40. The molecule has 2 N–H and O–H groups in total. The highest BCUT2D eigenvalue weighted by atomic mass is 79.9. The summed E-state index contributed by atoms with van der Waals surface area (Å²) in [6.45, 7) is 2.66. The second-order valence-electron chi connectivity index (χ2n) is 5.37. The van der Waals surface area contributed by atoms with Gasteiger partial charge in [-0.25, -0.2) is 8.42 Å². The van der Waals surface area contributed by atoms with Crippen molar-refractivity contribution in [1.82, 2.24) is 4.31 Å². The van der Waals surface area contributed by atoms with Gasteiger partial charge < -0.3 is 10.5 Å². The molecule has 0 spiro atoms. The number of hydrogen-bond acceptors (Lipinski definition) is 4. The van der Waals surface area contributed by atoms with Gasteiger partial charge in [0.05, 0.1) is 12.3 Å². The average Bonchev–Trinajstić information content (AvgIpc) is 3.25. The summed E-state index contributed by atoms with van der Waals surface area (Å²) >= 11 is 3.31. The van der Waals surface area contributed by atoms with E-state index >= 15 is 0 Å². The van der Waals surface area contributed by atoms with E-state index in [1.54, 1.807) is 25.3 Å². The summed E-state index contributed by atoms with van der Waals surface area (Å²) in [5.74, 6) is 0.435. The van der Waals surface area contributed by atoms with E-state index < -0.39 is 10.0 Å². The van der Waals surface area contributed by atoms with Crippen molar-refractivity contribution in [2.75, 3.05) is 26.0 Å². The molecule has 1 aliphatic rings. The average molecular weight is 377 g/mol. The normalized spacial score (nSPS) is 17.1. The Kier molecular flexibility index (Phi) is 5.29. The van der Waals surface area contributed by atoms with Gasteiger partial charge in [-0.2, -0.15) is 4.31 Å². The van der Waals surface area contributed by atoms with Gasteiger partial charge in [-0.1, -0.05) is 15.9 Å². The van der Waals surface area contributed by atoms with E-state index in [1.807, 2.05) is 6.92 Å². The van der Waals surface area contributed by atoms with Crippen LogP contribution in [0.25, 0.3) is 0 Å². The summed E-state index contributed by atoms with van der Waals surface area (Å²) in [7, 11) is -2.06. The molecule has 1 unspecified atom stereocenters. The topological polar surface area (TPSA) is 72.6 Å². The van der Waals surface area contributed by atoms with Crippen LogP contribution in [-0.4, -0.2) is 39.0 Å². The number of ether oxygens (including phenoxy) is 1. The highest BCUT2D eigenvalue weighted by molar-refractivity contribution is 9.10. The van der Waals surface area contributed by atoms with E-state index in [2.05, 4.69) is 15.9 Å². The number of methoxy groups -OCH3 is 1. The second-order valence-corrected chi connectivity index (χ2v) is 8.14. The number of nitrogens with zero attached hydrogens (tertiary/aromatic N) is 1. The molecule has 1 aromatic carbocycles. The maximum Gasteiger partial charge on any atom is 0.245 e. The van der Waals surface area contributed by atoms with Crippen LogP contribution in [-0.2, 0) is 14.8 Å². The first-order chi connectivity index (χ1) is 9.87. The first kappa shape index (κ1) is 16.7. The Morgan fingerprint density at radius 2 is 2.14 bits per heavy atom. The second kappa shape index (κ2) is 6.64. The number of nitrogen functional groups attached to an aromatic ring is 1. The van der Waals surface area contributed by atoms with Crippen LogP contribution in [0.2, 0.25) is 0 Å². The molecule has 2 rings (SSSR count). The number of anilines is 1. The van der Waals surface area contributed by atoms with Crippen LogP contribution in [0, 0.1) is 5.92 Å². The van der Waals surface area contributed by atoms with E-state index in [4.69, 9.17) is 10.5 Å². The van der Waals surface area contributed by atoms with E-state index in [-0.39, 0.29) is 16.6 Å². The minimum atomic E-state index is -3.63. The molecule has 0 aromatic heterocycles. The lowest BCUT2D eigenvalue weighted by Gasteiger charge is -2.28. The zero-order chi connectivity index (χ0) is 15.6. The van der Waals surface area contributed by atoms with Gasteiger partial charge in [0.2, 0.25) is 10.0 Å². The quantitative estimate of drug-likeness (QED) is 0.741. The van der Waals surface area contributed by atoms with E-state index in [1.165, 1.54) is 4.31 Å². The van der Waals surface area contributed by atoms with Crippen LogP contribution < -0.4 is 5.73 Å². The van der Waals surface area contributed by atoms with Crippen LogP contribution in [0.5, 0.6) is 0 Å². The maximum absolute atomic E-state index is 13.0. The van der Waals surface area contributed by atoms with Gasteiger partial charge in [-0.15, -0.1) is 0 Å². The Bertz CT molecular complexity index is 602. The summed E-state index contributed by atoms with van der Waals surface area (Å²) in [6, 6.07) is 4.86. The molecule has 7 heteroatoms. The lowest BCUT2D eigenvalue weighted by molar-refractivity contribution is 0.164. The van der Waals surface area contributed by atoms with Crippen molar-refractivity contribution in [3.8, 4) is 0 Å². The van der Waals surface area contributed by atoms with Gasteiger partial charge in [-0.3, -0.25) is 0 Å². The number of benzene rings is 1. The first-order valence-electron chi connectivity index (χ1n) is 6.93. The number of halogens is 1. The molecule has 0 saturated heterocycles. The Labute approximate surface area is 134 Å². The molecule has 0 radical (unpaired) electrons. The summed E-state index contributed by atoms with van der Waals surface area (Å²) < 4.78 is 33.2. The van der Waals surface area contributed by atoms with Gasteiger partial charge >= 0.3 is 0 Å². The van der Waals surface area contributed by atoms with Crippen LogP contribution in [0.4, 0.5) is 5.69 Å². The first-order valence-corrected chi connectivity index (χ1v) is 9.17. The molecule has 1 fully saturated rings. The van der Waals surface area contributed by atoms with Crippen LogP contribution in [0.15, 0.2) is 27.6 Å². The van der Waals surface area contributed by atoms with E-state index in [9.17, 15) is 8.42 Å². The molecule has 0 amide bonds. The Morgan fingerprint density at radius 1 is 1.48 bits per heavy atom. The molecule has 1 atom stereocenters. The third-order valence-corrected chi connectivity index (χ3v) is 6.37. The van der Waals surface area contributed by atoms with E-state index in [0.29, 0.717) is 23.5 Å². The predicted octanol–water partition coefficient (Wildman–Crippen LogP) is 2.47. The molecule has 1 aliphatic carbocycles. The van der Waals surface area contributed by atoms with Crippen molar-refractivity contribution in [2.24, 2.45) is 5.92 Å². The lowest BCUT2D eigenvalue weighted by atomic mass is 10.2. The largest absolute Gasteiger partial charge is 0.398 e. The van der Waals surface area contributed by atoms with Crippen molar-refractivity contribution in [3.63, 3.8) is 0 Å². The van der Waals surface area contributed by atoms with Crippen molar-refractivity contribution in [2.45, 2.75) is 30.7 Å². The summed E-state index contributed by atoms with van der Waals surface area (Å²) in [5.41, 5.74) is 6.14. The summed E-state index contributed by atoms with van der Waals surface area (Å²) in [4.78, 5) is 0.153. The Balaban J connectivity index is 2.38. The number of rotatable bonds is 7. The van der Waals surface area contributed by atoms with Crippen molar-refractivity contribution >= 4 is 31.6 Å². The molecule has 0 heterocycles. The van der Waals surface area contributed by atoms with Crippen molar-refractivity contribution in [3.05, 3.63) is 22.7 Å². The monoisotopic (exact) mass is 376 g/mol. The van der Waals surface area contributed by atoms with Gasteiger partial charge in [0.25, 0.3) is 0 Å². The standard InChI is InChI=1S/C14H21BrN2O3S/c1-10(11-3-4-11)17(7-8-20-2)21(18,19)14-9-12(15)5-6-13(14)16/h5-6,9-11H,3-4,7-8,16H2,1-2H3. The SMILES string of the molecule is COCCN(C(C)C1CC1)S(=O)(=O)c1cc(Br)ccc1N. The van der Waals surface area contributed by atoms with Gasteiger partial charge in [0.1, 0.15) is 4.90 Å². The fraction of sp³-hybridized carbons (Fsp3) is 0.571. The molecule has 5 nitrogen and oxygen atoms in total. The molecule has 0 bridgehead atoms. The van der Waals surface area contributed by atoms with Crippen molar-refractivity contribution in [1.29, 1.82) is 0 Å². The van der Waals surface area contributed by atoms with Gasteiger partial charge in [-0.05, 0) is 43.9 Å². The summed E-state index contributed by atoms with van der Waals surface area (Å²) in [6.07, 6.45) is 2.16. The number of nitrogens with two attached hydrogens (primary N) is 1. The zero-order valence-electron chi connectivity index (χ0n) is 12.3. The number of hydrogen-bond donors (Lipinski definition) is 1. The highest BCUT2D eigenvalue weighted by Crippen LogP contribution is 2.38. The molecular weight excluding hydrogens is 356 g/mol.